The van der Waals surface area contributed by atoms with Crippen LogP contribution in [0, 0.1) is 5.92 Å². The van der Waals surface area contributed by atoms with Gasteiger partial charge < -0.3 is 15.2 Å². The number of H-pyrrole nitrogens is 1. The maximum absolute atomic E-state index is 12.4. The number of rotatable bonds is 5. The molecule has 3 heterocycles. The van der Waals surface area contributed by atoms with Gasteiger partial charge in [-0.3, -0.25) is 4.57 Å². The number of nitrogens with one attached hydrogen (secondary N) is 2. The first-order valence-electron chi connectivity index (χ1n) is 8.81. The fraction of sp³-hybridized carbons (Fsp3) is 0.389. The van der Waals surface area contributed by atoms with Crippen LogP contribution >= 0.6 is 23.2 Å². The lowest BCUT2D eigenvalue weighted by Gasteiger charge is -2.11. The average Bonchev–Trinajstić information content (AvgIpc) is 3.19. The van der Waals surface area contributed by atoms with E-state index in [0.717, 1.165) is 31.6 Å². The summed E-state index contributed by atoms with van der Waals surface area (Å²) in [5.74, 6) is 1.09. The Bertz CT molecular complexity index is 1030. The zero-order chi connectivity index (χ0) is 19.0. The number of anilines is 1. The van der Waals surface area contributed by atoms with Crippen LogP contribution in [0.1, 0.15) is 12.0 Å². The van der Waals surface area contributed by atoms with Crippen LogP contribution in [0.5, 0.6) is 0 Å². The van der Waals surface area contributed by atoms with E-state index in [1.807, 2.05) is 0 Å². The van der Waals surface area contributed by atoms with Gasteiger partial charge in [-0.1, -0.05) is 23.2 Å². The molecule has 0 radical (unpaired) electrons. The van der Waals surface area contributed by atoms with Crippen molar-refractivity contribution in [3.8, 4) is 0 Å². The van der Waals surface area contributed by atoms with Gasteiger partial charge in [-0.25, -0.2) is 9.78 Å². The highest BCUT2D eigenvalue weighted by atomic mass is 35.5. The highest BCUT2D eigenvalue weighted by Crippen LogP contribution is 2.22. The first-order valence-corrected chi connectivity index (χ1v) is 9.57. The Morgan fingerprint density at radius 3 is 3.00 bits per heavy atom. The number of nitrogens with zero attached hydrogens (tertiary/aromatic N) is 4. The minimum atomic E-state index is -0.259. The summed E-state index contributed by atoms with van der Waals surface area (Å²) in [6, 6.07) is 5.20. The van der Waals surface area contributed by atoms with Crippen molar-refractivity contribution in [1.29, 1.82) is 0 Å². The number of halogens is 2. The summed E-state index contributed by atoms with van der Waals surface area (Å²) in [5.41, 5.74) is 1.63. The molecule has 142 valence electrons. The van der Waals surface area contributed by atoms with Crippen LogP contribution in [0.15, 0.2) is 29.2 Å². The van der Waals surface area contributed by atoms with E-state index in [0.29, 0.717) is 33.1 Å². The highest BCUT2D eigenvalue weighted by Gasteiger charge is 2.19. The number of aromatic nitrogens is 4. The van der Waals surface area contributed by atoms with Gasteiger partial charge in [-0.05, 0) is 49.7 Å². The molecule has 1 fully saturated rings. The van der Waals surface area contributed by atoms with Crippen molar-refractivity contribution < 1.29 is 0 Å². The van der Waals surface area contributed by atoms with Crippen molar-refractivity contribution in [3.05, 3.63) is 50.5 Å². The Morgan fingerprint density at radius 1 is 1.37 bits per heavy atom. The predicted octanol–water partition coefficient (Wildman–Crippen LogP) is 2.84. The van der Waals surface area contributed by atoms with Crippen LogP contribution < -0.4 is 11.0 Å². The molecule has 0 saturated carbocycles. The maximum Gasteiger partial charge on any atom is 0.328 e. The molecule has 1 aromatic carbocycles. The molecule has 27 heavy (non-hydrogen) atoms. The Labute approximate surface area is 166 Å². The molecule has 2 aromatic heterocycles. The van der Waals surface area contributed by atoms with Crippen molar-refractivity contribution in [2.75, 3.05) is 32.0 Å². The molecule has 1 aliphatic heterocycles. The highest BCUT2D eigenvalue weighted by molar-refractivity contribution is 6.33. The number of benzene rings is 1. The second-order valence-electron chi connectivity index (χ2n) is 6.98. The average molecular weight is 407 g/mol. The summed E-state index contributed by atoms with van der Waals surface area (Å²) >= 11 is 12.3. The summed E-state index contributed by atoms with van der Waals surface area (Å²) in [5, 5.41) is 4.42. The number of hydrogen-bond donors (Lipinski definition) is 2. The van der Waals surface area contributed by atoms with Gasteiger partial charge in [0.15, 0.2) is 5.65 Å². The number of hydrogen-bond acceptors (Lipinski definition) is 5. The molecule has 1 unspecified atom stereocenters. The fourth-order valence-corrected chi connectivity index (χ4v) is 3.81. The second-order valence-corrected chi connectivity index (χ2v) is 7.82. The molecule has 1 saturated heterocycles. The molecule has 0 aliphatic carbocycles. The second kappa shape index (κ2) is 7.50. The number of likely N-dealkylation sites (tertiary alicyclic amines) is 1. The lowest BCUT2D eigenvalue weighted by molar-refractivity contribution is 0.399. The minimum Gasteiger partial charge on any atom is -0.354 e. The lowest BCUT2D eigenvalue weighted by atomic mass is 10.1. The molecule has 7 nitrogen and oxygen atoms in total. The van der Waals surface area contributed by atoms with E-state index in [-0.39, 0.29) is 12.2 Å². The SMILES string of the molecule is CN1CCC(CNc2ncc3[nH]c(=O)n(Cc4cc(Cl)ccc4Cl)c3n2)C1. The van der Waals surface area contributed by atoms with Gasteiger partial charge in [0.1, 0.15) is 5.52 Å². The van der Waals surface area contributed by atoms with Crippen LogP contribution in [0.25, 0.3) is 11.2 Å². The van der Waals surface area contributed by atoms with Crippen molar-refractivity contribution in [2.45, 2.75) is 13.0 Å². The Kier molecular flexibility index (Phi) is 5.08. The number of fused-ring (bicyclic) bond motifs is 1. The van der Waals surface area contributed by atoms with Gasteiger partial charge in [0, 0.05) is 23.1 Å². The maximum atomic E-state index is 12.4. The van der Waals surface area contributed by atoms with E-state index in [1.54, 1.807) is 29.0 Å². The van der Waals surface area contributed by atoms with Gasteiger partial charge >= 0.3 is 5.69 Å². The molecular formula is C18H20Cl2N6O. The number of imidazole rings is 1. The van der Waals surface area contributed by atoms with Crippen molar-refractivity contribution in [2.24, 2.45) is 5.92 Å². The topological polar surface area (TPSA) is 78.8 Å². The van der Waals surface area contributed by atoms with Crippen LogP contribution in [-0.4, -0.2) is 51.1 Å². The normalized spacial score (nSPS) is 17.7. The zero-order valence-electron chi connectivity index (χ0n) is 14.9. The molecule has 0 spiro atoms. The first-order chi connectivity index (χ1) is 13.0. The van der Waals surface area contributed by atoms with Crippen LogP contribution in [0.3, 0.4) is 0 Å². The third kappa shape index (κ3) is 3.95. The largest absolute Gasteiger partial charge is 0.354 e. The van der Waals surface area contributed by atoms with E-state index in [1.165, 1.54) is 0 Å². The Hall–Kier alpha value is -2.09. The van der Waals surface area contributed by atoms with Gasteiger partial charge in [0.05, 0.1) is 12.7 Å². The monoisotopic (exact) mass is 406 g/mol. The smallest absolute Gasteiger partial charge is 0.328 e. The standard InChI is InChI=1S/C18H20Cl2N6O/c1-25-5-4-11(9-25)7-21-17-22-8-15-16(24-17)26(18(27)23-15)10-12-6-13(19)2-3-14(12)20/h2-3,6,8,11H,4-5,7,9-10H2,1H3,(H,23,27)(H,21,22,24). The first kappa shape index (κ1) is 18.3. The Morgan fingerprint density at radius 2 is 2.22 bits per heavy atom. The van der Waals surface area contributed by atoms with E-state index in [2.05, 4.69) is 32.2 Å². The van der Waals surface area contributed by atoms with Gasteiger partial charge in [0.2, 0.25) is 5.95 Å². The van der Waals surface area contributed by atoms with Crippen molar-refractivity contribution in [1.82, 2.24) is 24.4 Å². The summed E-state index contributed by atoms with van der Waals surface area (Å²) in [4.78, 5) is 26.3. The molecule has 9 heteroatoms. The molecule has 0 bridgehead atoms. The molecule has 4 rings (SSSR count). The third-order valence-electron chi connectivity index (χ3n) is 4.89. The summed E-state index contributed by atoms with van der Waals surface area (Å²) in [6.45, 7) is 3.27. The van der Waals surface area contributed by atoms with Crippen molar-refractivity contribution in [3.63, 3.8) is 0 Å². The van der Waals surface area contributed by atoms with Gasteiger partial charge in [0.25, 0.3) is 0 Å². The van der Waals surface area contributed by atoms with Gasteiger partial charge in [-0.15, -0.1) is 0 Å². The van der Waals surface area contributed by atoms with E-state index >= 15 is 0 Å². The lowest BCUT2D eigenvalue weighted by Crippen LogP contribution is -2.20. The van der Waals surface area contributed by atoms with Crippen LogP contribution in [0.2, 0.25) is 10.0 Å². The van der Waals surface area contributed by atoms with E-state index < -0.39 is 0 Å². The molecule has 1 aliphatic rings. The fourth-order valence-electron chi connectivity index (χ4n) is 3.44. The molecule has 2 N–H and O–H groups in total. The third-order valence-corrected chi connectivity index (χ3v) is 5.49. The van der Waals surface area contributed by atoms with Gasteiger partial charge in [-0.2, -0.15) is 4.98 Å². The molecule has 0 amide bonds. The summed E-state index contributed by atoms with van der Waals surface area (Å²) < 4.78 is 1.54. The summed E-state index contributed by atoms with van der Waals surface area (Å²) in [6.07, 6.45) is 2.79. The zero-order valence-corrected chi connectivity index (χ0v) is 16.4. The summed E-state index contributed by atoms with van der Waals surface area (Å²) in [7, 11) is 2.13. The van der Waals surface area contributed by atoms with Crippen LogP contribution in [0.4, 0.5) is 5.95 Å². The molecular weight excluding hydrogens is 387 g/mol. The molecule has 3 aromatic rings. The minimum absolute atomic E-state index is 0.259. The number of aromatic amines is 1. The quantitative estimate of drug-likeness (QED) is 0.680. The molecule has 1 atom stereocenters. The van der Waals surface area contributed by atoms with E-state index in [4.69, 9.17) is 23.2 Å². The predicted molar refractivity (Wildman–Crippen MR) is 108 cm³/mol. The van der Waals surface area contributed by atoms with E-state index in [9.17, 15) is 4.79 Å². The Balaban J connectivity index is 1.60. The van der Waals surface area contributed by atoms with Crippen LogP contribution in [-0.2, 0) is 6.54 Å². The van der Waals surface area contributed by atoms with Crippen molar-refractivity contribution >= 4 is 40.3 Å².